The molecule has 0 aliphatic rings. The largest absolute Gasteiger partial charge is 0.457 e. The van der Waals surface area contributed by atoms with Crippen molar-refractivity contribution in [1.29, 1.82) is 0 Å². The Morgan fingerprint density at radius 3 is 1.06 bits per heavy atom. The van der Waals surface area contributed by atoms with Crippen LogP contribution in [0.3, 0.4) is 0 Å². The average molecular weight is 675 g/mol. The SMILES string of the molecule is Cc1ccc(C(=O)Nc2ccc(Oc3ccc(C(C)(C)c4ccc(Oc5ccc(NC(=O)c6ccc(C)c(C)c6)cc5)cc4)cc3)cc2)cc1C. The normalized spacial score (nSPS) is 11.1. The average Bonchev–Trinajstić information content (AvgIpc) is 3.12. The number of amides is 2. The number of hydrogen-bond donors (Lipinski definition) is 2. The highest BCUT2D eigenvalue weighted by atomic mass is 16.5. The molecule has 0 saturated carbocycles. The highest BCUT2D eigenvalue weighted by Gasteiger charge is 2.23. The minimum atomic E-state index is -0.261. The summed E-state index contributed by atoms with van der Waals surface area (Å²) in [5.41, 5.74) is 9.17. The molecule has 0 spiro atoms. The zero-order valence-corrected chi connectivity index (χ0v) is 29.8. The predicted molar refractivity (Wildman–Crippen MR) is 206 cm³/mol. The van der Waals surface area contributed by atoms with Crippen LogP contribution < -0.4 is 20.1 Å². The summed E-state index contributed by atoms with van der Waals surface area (Å²) in [6.45, 7) is 12.4. The van der Waals surface area contributed by atoms with E-state index in [-0.39, 0.29) is 17.2 Å². The molecule has 0 fully saturated rings. The van der Waals surface area contributed by atoms with E-state index in [1.54, 1.807) is 0 Å². The van der Waals surface area contributed by atoms with Gasteiger partial charge in [0, 0.05) is 27.9 Å². The monoisotopic (exact) mass is 674 g/mol. The van der Waals surface area contributed by atoms with Crippen LogP contribution in [-0.4, -0.2) is 11.8 Å². The Morgan fingerprint density at radius 1 is 0.431 bits per heavy atom. The van der Waals surface area contributed by atoms with Gasteiger partial charge in [-0.05, 0) is 158 Å². The molecule has 6 heteroatoms. The summed E-state index contributed by atoms with van der Waals surface area (Å²) in [5.74, 6) is 2.52. The molecule has 256 valence electrons. The first-order valence-corrected chi connectivity index (χ1v) is 17.0. The predicted octanol–water partition coefficient (Wildman–Crippen LogP) is 11.3. The Balaban J connectivity index is 1.02. The molecule has 6 nitrogen and oxygen atoms in total. The van der Waals surface area contributed by atoms with Crippen LogP contribution in [-0.2, 0) is 5.41 Å². The fourth-order valence-electron chi connectivity index (χ4n) is 5.70. The van der Waals surface area contributed by atoms with Gasteiger partial charge in [-0.15, -0.1) is 0 Å². The first-order valence-electron chi connectivity index (χ1n) is 17.0. The lowest BCUT2D eigenvalue weighted by atomic mass is 9.78. The van der Waals surface area contributed by atoms with Crippen LogP contribution in [0.15, 0.2) is 133 Å². The Labute approximate surface area is 300 Å². The number of anilines is 2. The molecule has 0 bridgehead atoms. The standard InChI is InChI=1S/C45H42N2O4/c1-29-7-9-33(27-31(29)3)43(48)46-37-15-23-41(24-16-37)50-39-19-11-35(12-20-39)45(5,6)36-13-21-40(22-14-36)51-42-25-17-38(18-26-42)47-44(49)34-10-8-30(2)32(4)28-34/h7-28H,1-6H3,(H,46,48)(H,47,49). The molecule has 0 saturated heterocycles. The second kappa shape index (κ2) is 14.8. The van der Waals surface area contributed by atoms with Crippen molar-refractivity contribution in [3.8, 4) is 23.0 Å². The lowest BCUT2D eigenvalue weighted by molar-refractivity contribution is 0.101. The summed E-state index contributed by atoms with van der Waals surface area (Å²) < 4.78 is 12.2. The molecule has 6 rings (SSSR count). The van der Waals surface area contributed by atoms with Gasteiger partial charge >= 0.3 is 0 Å². The van der Waals surface area contributed by atoms with Gasteiger partial charge in [-0.1, -0.05) is 50.2 Å². The Bertz CT molecular complexity index is 2010. The third-order valence-electron chi connectivity index (χ3n) is 9.39. The van der Waals surface area contributed by atoms with Crippen LogP contribution in [0.2, 0.25) is 0 Å². The lowest BCUT2D eigenvalue weighted by Gasteiger charge is -2.26. The molecule has 0 atom stereocenters. The molecule has 0 aliphatic carbocycles. The zero-order valence-electron chi connectivity index (χ0n) is 29.8. The number of benzene rings is 6. The fourth-order valence-corrected chi connectivity index (χ4v) is 5.70. The Kier molecular flexibility index (Phi) is 10.1. The van der Waals surface area contributed by atoms with Gasteiger partial charge in [-0.25, -0.2) is 0 Å². The molecule has 51 heavy (non-hydrogen) atoms. The quantitative estimate of drug-likeness (QED) is 0.152. The minimum absolute atomic E-state index is 0.144. The lowest BCUT2D eigenvalue weighted by Crippen LogP contribution is -2.18. The molecule has 6 aromatic carbocycles. The van der Waals surface area contributed by atoms with E-state index in [4.69, 9.17) is 9.47 Å². The van der Waals surface area contributed by atoms with Gasteiger partial charge in [0.25, 0.3) is 11.8 Å². The number of carbonyl (C=O) groups is 2. The van der Waals surface area contributed by atoms with Crippen LogP contribution in [0.5, 0.6) is 23.0 Å². The molecule has 0 aliphatic heterocycles. The van der Waals surface area contributed by atoms with Crippen molar-refractivity contribution in [2.45, 2.75) is 47.0 Å². The second-order valence-electron chi connectivity index (χ2n) is 13.4. The van der Waals surface area contributed by atoms with E-state index >= 15 is 0 Å². The van der Waals surface area contributed by atoms with Crippen molar-refractivity contribution in [2.24, 2.45) is 0 Å². The smallest absolute Gasteiger partial charge is 0.255 e. The summed E-state index contributed by atoms with van der Waals surface area (Å²) in [6.07, 6.45) is 0. The fraction of sp³-hybridized carbons (Fsp3) is 0.156. The Morgan fingerprint density at radius 2 is 0.745 bits per heavy atom. The first kappa shape index (κ1) is 34.7. The number of nitrogens with one attached hydrogen (secondary N) is 2. The van der Waals surface area contributed by atoms with Crippen molar-refractivity contribution < 1.29 is 19.1 Å². The Hall–Kier alpha value is -6.14. The number of ether oxygens (including phenoxy) is 2. The molecule has 6 aromatic rings. The van der Waals surface area contributed by atoms with Gasteiger partial charge in [0.2, 0.25) is 0 Å². The second-order valence-corrected chi connectivity index (χ2v) is 13.4. The van der Waals surface area contributed by atoms with Gasteiger partial charge < -0.3 is 20.1 Å². The molecule has 2 amide bonds. The van der Waals surface area contributed by atoms with Crippen LogP contribution in [0.25, 0.3) is 0 Å². The zero-order chi connectivity index (χ0) is 36.1. The van der Waals surface area contributed by atoms with Crippen molar-refractivity contribution in [3.63, 3.8) is 0 Å². The van der Waals surface area contributed by atoms with Crippen molar-refractivity contribution in [2.75, 3.05) is 10.6 Å². The van der Waals surface area contributed by atoms with Crippen LogP contribution in [0, 0.1) is 27.7 Å². The van der Waals surface area contributed by atoms with Crippen molar-refractivity contribution >= 4 is 23.2 Å². The van der Waals surface area contributed by atoms with E-state index < -0.39 is 0 Å². The van der Waals surface area contributed by atoms with Crippen LogP contribution in [0.1, 0.15) is 67.9 Å². The van der Waals surface area contributed by atoms with Gasteiger partial charge in [0.1, 0.15) is 23.0 Å². The van der Waals surface area contributed by atoms with E-state index in [1.807, 2.05) is 137 Å². The first-order chi connectivity index (χ1) is 24.4. The molecular weight excluding hydrogens is 633 g/mol. The van der Waals surface area contributed by atoms with Crippen LogP contribution in [0.4, 0.5) is 11.4 Å². The number of carbonyl (C=O) groups excluding carboxylic acids is 2. The van der Waals surface area contributed by atoms with Gasteiger partial charge in [0.05, 0.1) is 0 Å². The third kappa shape index (κ3) is 8.36. The highest BCUT2D eigenvalue weighted by molar-refractivity contribution is 6.05. The van der Waals surface area contributed by atoms with Gasteiger partial charge in [-0.3, -0.25) is 9.59 Å². The molecule has 0 heterocycles. The maximum Gasteiger partial charge on any atom is 0.255 e. The van der Waals surface area contributed by atoms with E-state index in [1.165, 1.54) is 0 Å². The summed E-state index contributed by atoms with van der Waals surface area (Å²) in [6, 6.07) is 42.3. The van der Waals surface area contributed by atoms with Gasteiger partial charge in [0.15, 0.2) is 0 Å². The molecule has 0 unspecified atom stereocenters. The van der Waals surface area contributed by atoms with E-state index in [0.29, 0.717) is 34.0 Å². The summed E-state index contributed by atoms with van der Waals surface area (Å²) in [4.78, 5) is 25.4. The third-order valence-corrected chi connectivity index (χ3v) is 9.39. The number of hydrogen-bond acceptors (Lipinski definition) is 4. The van der Waals surface area contributed by atoms with Crippen molar-refractivity contribution in [1.82, 2.24) is 0 Å². The van der Waals surface area contributed by atoms with E-state index in [2.05, 4.69) is 48.7 Å². The topological polar surface area (TPSA) is 76.7 Å². The van der Waals surface area contributed by atoms with Crippen LogP contribution >= 0.6 is 0 Å². The maximum absolute atomic E-state index is 12.7. The summed E-state index contributed by atoms with van der Waals surface area (Å²) in [7, 11) is 0. The molecule has 0 aromatic heterocycles. The molecule has 2 N–H and O–H groups in total. The molecular formula is C45H42N2O4. The van der Waals surface area contributed by atoms with E-state index in [9.17, 15) is 9.59 Å². The number of rotatable bonds is 10. The minimum Gasteiger partial charge on any atom is -0.457 e. The summed E-state index contributed by atoms with van der Waals surface area (Å²) in [5, 5.41) is 5.90. The van der Waals surface area contributed by atoms with E-state index in [0.717, 1.165) is 44.9 Å². The highest BCUT2D eigenvalue weighted by Crippen LogP contribution is 2.35. The summed E-state index contributed by atoms with van der Waals surface area (Å²) >= 11 is 0. The van der Waals surface area contributed by atoms with Crippen molar-refractivity contribution in [3.05, 3.63) is 178 Å². The van der Waals surface area contributed by atoms with Gasteiger partial charge in [-0.2, -0.15) is 0 Å². The maximum atomic E-state index is 12.7. The molecule has 0 radical (unpaired) electrons. The number of aryl methyl sites for hydroxylation is 4.